The molecular weight excluding hydrogens is 418 g/mol. The normalized spacial score (nSPS) is 11.1. The van der Waals surface area contributed by atoms with Gasteiger partial charge in [-0.05, 0) is 50.6 Å². The van der Waals surface area contributed by atoms with E-state index in [0.29, 0.717) is 33.7 Å². The molecule has 8 heteroatoms. The van der Waals surface area contributed by atoms with Crippen molar-refractivity contribution in [3.63, 3.8) is 0 Å². The van der Waals surface area contributed by atoms with Crippen LogP contribution in [0.25, 0.3) is 22.3 Å². The third-order valence-electron chi connectivity index (χ3n) is 5.45. The number of nitrogens with two attached hydrogens (primary N) is 1. The molecule has 0 aliphatic rings. The maximum atomic E-state index is 13.5. The molecule has 168 valence electrons. The minimum Gasteiger partial charge on any atom is -0.495 e. The zero-order chi connectivity index (χ0) is 23.7. The van der Waals surface area contributed by atoms with Gasteiger partial charge < -0.3 is 15.8 Å². The Morgan fingerprint density at radius 1 is 1.12 bits per heavy atom. The number of hydrogen-bond donors (Lipinski definition) is 2. The molecule has 0 fully saturated rings. The Labute approximate surface area is 191 Å². The molecule has 4 aromatic rings. The van der Waals surface area contributed by atoms with Gasteiger partial charge in [-0.25, -0.2) is 9.67 Å². The number of nitrogens with zero attached hydrogens (tertiary/aromatic N) is 3. The lowest BCUT2D eigenvalue weighted by Crippen LogP contribution is -2.16. The number of amides is 2. The summed E-state index contributed by atoms with van der Waals surface area (Å²) in [5.41, 5.74) is 9.69. The SMILES string of the molecule is COc1ccc(C(N)=O)cc1NC(=O)c1cc(-c2ccccc2C)nc2c1cnn2C(C)C. The number of methoxy groups -OCH3 is 1. The van der Waals surface area contributed by atoms with Crippen LogP contribution in [0, 0.1) is 6.92 Å². The zero-order valence-electron chi connectivity index (χ0n) is 18.9. The van der Waals surface area contributed by atoms with Crippen molar-refractivity contribution >= 4 is 28.5 Å². The summed E-state index contributed by atoms with van der Waals surface area (Å²) in [5.74, 6) is -0.560. The largest absolute Gasteiger partial charge is 0.495 e. The molecule has 3 N–H and O–H groups in total. The average Bonchev–Trinajstić information content (AvgIpc) is 3.23. The summed E-state index contributed by atoms with van der Waals surface area (Å²) < 4.78 is 7.15. The van der Waals surface area contributed by atoms with Gasteiger partial charge in [0.25, 0.3) is 5.91 Å². The molecule has 4 rings (SSSR count). The lowest BCUT2D eigenvalue weighted by Gasteiger charge is -2.14. The minimum absolute atomic E-state index is 0.0605. The van der Waals surface area contributed by atoms with Crippen molar-refractivity contribution in [2.75, 3.05) is 12.4 Å². The molecule has 0 radical (unpaired) electrons. The summed E-state index contributed by atoms with van der Waals surface area (Å²) in [4.78, 5) is 30.0. The zero-order valence-corrected chi connectivity index (χ0v) is 18.9. The molecule has 0 saturated heterocycles. The minimum atomic E-state index is -0.598. The van der Waals surface area contributed by atoms with Crippen LogP contribution in [0.1, 0.15) is 46.2 Å². The van der Waals surface area contributed by atoms with Crippen LogP contribution in [0.4, 0.5) is 5.69 Å². The quantitative estimate of drug-likeness (QED) is 0.460. The number of pyridine rings is 1. The van der Waals surface area contributed by atoms with E-state index < -0.39 is 5.91 Å². The summed E-state index contributed by atoms with van der Waals surface area (Å²) >= 11 is 0. The molecule has 0 atom stereocenters. The highest BCUT2D eigenvalue weighted by Crippen LogP contribution is 2.30. The third kappa shape index (κ3) is 4.15. The van der Waals surface area contributed by atoms with Crippen LogP contribution in [0.3, 0.4) is 0 Å². The first kappa shape index (κ1) is 22.0. The molecule has 8 nitrogen and oxygen atoms in total. The smallest absolute Gasteiger partial charge is 0.256 e. The first-order valence-corrected chi connectivity index (χ1v) is 10.5. The first-order chi connectivity index (χ1) is 15.8. The van der Waals surface area contributed by atoms with Crippen LogP contribution in [0.2, 0.25) is 0 Å². The van der Waals surface area contributed by atoms with Crippen LogP contribution in [0.5, 0.6) is 5.75 Å². The number of aryl methyl sites for hydroxylation is 1. The van der Waals surface area contributed by atoms with Gasteiger partial charge in [0.2, 0.25) is 5.91 Å². The Morgan fingerprint density at radius 3 is 2.55 bits per heavy atom. The summed E-state index contributed by atoms with van der Waals surface area (Å²) in [5, 5.41) is 7.95. The second kappa shape index (κ2) is 8.74. The molecule has 0 unspecified atom stereocenters. The molecule has 2 amide bonds. The Morgan fingerprint density at radius 2 is 1.88 bits per heavy atom. The summed E-state index contributed by atoms with van der Waals surface area (Å²) in [7, 11) is 1.49. The summed E-state index contributed by atoms with van der Waals surface area (Å²) in [6.07, 6.45) is 1.65. The highest BCUT2D eigenvalue weighted by atomic mass is 16.5. The number of benzene rings is 2. The number of ether oxygens (including phenoxy) is 1. The monoisotopic (exact) mass is 443 g/mol. The van der Waals surface area contributed by atoms with Gasteiger partial charge in [0, 0.05) is 17.2 Å². The van der Waals surface area contributed by atoms with Gasteiger partial charge in [0.05, 0.1) is 35.6 Å². The van der Waals surface area contributed by atoms with E-state index >= 15 is 0 Å². The number of primary amides is 1. The van der Waals surface area contributed by atoms with E-state index in [4.69, 9.17) is 15.5 Å². The molecule has 2 aromatic carbocycles. The molecule has 0 bridgehead atoms. The van der Waals surface area contributed by atoms with Gasteiger partial charge in [-0.2, -0.15) is 5.10 Å². The standard InChI is InChI=1S/C25H25N5O3/c1-14(2)30-24-19(13-27-30)18(12-20(28-24)17-8-6-5-7-15(17)3)25(32)29-21-11-16(23(26)31)9-10-22(21)33-4/h5-14H,1-4H3,(H2,26,31)(H,29,32). The van der Waals surface area contributed by atoms with Crippen LogP contribution in [-0.4, -0.2) is 33.7 Å². The number of nitrogens with one attached hydrogen (secondary N) is 1. The van der Waals surface area contributed by atoms with Gasteiger partial charge in [0.1, 0.15) is 5.75 Å². The maximum Gasteiger partial charge on any atom is 0.256 e. The highest BCUT2D eigenvalue weighted by Gasteiger charge is 2.20. The van der Waals surface area contributed by atoms with Crippen LogP contribution in [-0.2, 0) is 0 Å². The second-order valence-electron chi connectivity index (χ2n) is 8.02. The van der Waals surface area contributed by atoms with Crippen molar-refractivity contribution in [2.45, 2.75) is 26.8 Å². The molecule has 0 saturated carbocycles. The number of aromatic nitrogens is 3. The molecule has 0 aliphatic carbocycles. The van der Waals surface area contributed by atoms with Crippen LogP contribution < -0.4 is 15.8 Å². The number of fused-ring (bicyclic) bond motifs is 1. The molecule has 0 spiro atoms. The number of carbonyl (C=O) groups excluding carboxylic acids is 2. The van der Waals surface area contributed by atoms with Crippen LogP contribution >= 0.6 is 0 Å². The van der Waals surface area contributed by atoms with Crippen molar-refractivity contribution in [3.05, 3.63) is 71.4 Å². The van der Waals surface area contributed by atoms with E-state index in [1.165, 1.54) is 13.2 Å². The average molecular weight is 444 g/mol. The summed E-state index contributed by atoms with van der Waals surface area (Å²) in [6.45, 7) is 6.02. The number of anilines is 1. The van der Waals surface area contributed by atoms with Gasteiger partial charge in [-0.3, -0.25) is 9.59 Å². The Bertz CT molecular complexity index is 1370. The van der Waals surface area contributed by atoms with Crippen molar-refractivity contribution in [2.24, 2.45) is 5.73 Å². The van der Waals surface area contributed by atoms with Gasteiger partial charge in [-0.1, -0.05) is 24.3 Å². The maximum absolute atomic E-state index is 13.5. The third-order valence-corrected chi connectivity index (χ3v) is 5.45. The molecular formula is C25H25N5O3. The summed E-state index contributed by atoms with van der Waals surface area (Å²) in [6, 6.07) is 14.3. The predicted octanol–water partition coefficient (Wildman–Crippen LogP) is 4.35. The van der Waals surface area contributed by atoms with E-state index in [1.807, 2.05) is 45.0 Å². The second-order valence-corrected chi connectivity index (χ2v) is 8.02. The van der Waals surface area contributed by atoms with Crippen molar-refractivity contribution in [1.29, 1.82) is 0 Å². The molecule has 33 heavy (non-hydrogen) atoms. The number of carbonyl (C=O) groups is 2. The highest BCUT2D eigenvalue weighted by molar-refractivity contribution is 6.13. The topological polar surface area (TPSA) is 112 Å². The van der Waals surface area contributed by atoms with Crippen molar-refractivity contribution in [3.8, 4) is 17.0 Å². The fraction of sp³-hybridized carbons (Fsp3) is 0.200. The van der Waals surface area contributed by atoms with E-state index in [9.17, 15) is 9.59 Å². The molecule has 2 aromatic heterocycles. The van der Waals surface area contributed by atoms with Crippen molar-refractivity contribution in [1.82, 2.24) is 14.8 Å². The van der Waals surface area contributed by atoms with E-state index in [-0.39, 0.29) is 17.5 Å². The van der Waals surface area contributed by atoms with Gasteiger partial charge in [0.15, 0.2) is 5.65 Å². The van der Waals surface area contributed by atoms with Crippen LogP contribution in [0.15, 0.2) is 54.7 Å². The lowest BCUT2D eigenvalue weighted by atomic mass is 10.0. The van der Waals surface area contributed by atoms with E-state index in [0.717, 1.165) is 11.1 Å². The Balaban J connectivity index is 1.87. The van der Waals surface area contributed by atoms with Gasteiger partial charge in [-0.15, -0.1) is 0 Å². The molecule has 2 heterocycles. The fourth-order valence-electron chi connectivity index (χ4n) is 3.73. The van der Waals surface area contributed by atoms with Crippen molar-refractivity contribution < 1.29 is 14.3 Å². The predicted molar refractivity (Wildman–Crippen MR) is 128 cm³/mol. The molecule has 0 aliphatic heterocycles. The number of hydrogen-bond acceptors (Lipinski definition) is 5. The van der Waals surface area contributed by atoms with E-state index in [2.05, 4.69) is 10.4 Å². The Hall–Kier alpha value is -4.20. The van der Waals surface area contributed by atoms with E-state index in [1.54, 1.807) is 29.1 Å². The Kier molecular flexibility index (Phi) is 5.83. The van der Waals surface area contributed by atoms with Gasteiger partial charge >= 0.3 is 0 Å². The lowest BCUT2D eigenvalue weighted by molar-refractivity contribution is 0.0996. The number of rotatable bonds is 6. The first-order valence-electron chi connectivity index (χ1n) is 10.5. The fourth-order valence-corrected chi connectivity index (χ4v) is 3.73.